The van der Waals surface area contributed by atoms with Crippen LogP contribution in [0.2, 0.25) is 5.02 Å². The Labute approximate surface area is 102 Å². The van der Waals surface area contributed by atoms with Crippen LogP contribution in [0, 0.1) is 0 Å². The summed E-state index contributed by atoms with van der Waals surface area (Å²) in [5.74, 6) is 0.992. The molecule has 1 nitrogen and oxygen atoms in total. The number of thioether (sulfide) groups is 1. The highest BCUT2D eigenvalue weighted by atomic mass is 35.5. The van der Waals surface area contributed by atoms with E-state index >= 15 is 0 Å². The van der Waals surface area contributed by atoms with Crippen LogP contribution in [-0.2, 0) is 5.75 Å². The van der Waals surface area contributed by atoms with Crippen LogP contribution in [0.1, 0.15) is 19.4 Å². The van der Waals surface area contributed by atoms with Crippen LogP contribution in [-0.4, -0.2) is 18.3 Å². The van der Waals surface area contributed by atoms with Crippen molar-refractivity contribution in [2.24, 2.45) is 0 Å². The van der Waals surface area contributed by atoms with Crippen LogP contribution in [0.3, 0.4) is 0 Å². The third-order valence-corrected chi connectivity index (χ3v) is 3.75. The molecule has 0 heterocycles. The van der Waals surface area contributed by atoms with Gasteiger partial charge in [0, 0.05) is 22.6 Å². The van der Waals surface area contributed by atoms with Gasteiger partial charge < -0.3 is 5.32 Å². The third-order valence-electron chi connectivity index (χ3n) is 2.16. The van der Waals surface area contributed by atoms with Gasteiger partial charge in [0.15, 0.2) is 0 Å². The lowest BCUT2D eigenvalue weighted by Gasteiger charge is -2.11. The highest BCUT2D eigenvalue weighted by Crippen LogP contribution is 2.23. The fourth-order valence-corrected chi connectivity index (χ4v) is 2.49. The fourth-order valence-electron chi connectivity index (χ4n) is 1.25. The van der Waals surface area contributed by atoms with Gasteiger partial charge in [0.05, 0.1) is 0 Å². The first kappa shape index (κ1) is 12.9. The van der Waals surface area contributed by atoms with E-state index in [0.717, 1.165) is 23.9 Å². The van der Waals surface area contributed by atoms with E-state index in [2.05, 4.69) is 25.2 Å². The first-order chi connectivity index (χ1) is 7.24. The van der Waals surface area contributed by atoms with Gasteiger partial charge in [-0.1, -0.05) is 43.6 Å². The van der Waals surface area contributed by atoms with Crippen molar-refractivity contribution in [1.29, 1.82) is 0 Å². The van der Waals surface area contributed by atoms with E-state index in [9.17, 15) is 0 Å². The number of nitrogens with one attached hydrogen (secondary N) is 1. The van der Waals surface area contributed by atoms with E-state index in [1.165, 1.54) is 5.56 Å². The molecule has 0 radical (unpaired) electrons. The van der Waals surface area contributed by atoms with E-state index < -0.39 is 0 Å². The molecule has 15 heavy (non-hydrogen) atoms. The SMILES string of the molecule is CCNCC(C)SCc1ccccc1Cl. The smallest absolute Gasteiger partial charge is 0.0446 e. The normalized spacial score (nSPS) is 12.7. The van der Waals surface area contributed by atoms with Gasteiger partial charge >= 0.3 is 0 Å². The number of benzene rings is 1. The van der Waals surface area contributed by atoms with Crippen molar-refractivity contribution in [3.63, 3.8) is 0 Å². The molecule has 0 bridgehead atoms. The summed E-state index contributed by atoms with van der Waals surface area (Å²) in [5.41, 5.74) is 1.23. The predicted octanol–water partition coefficient (Wildman–Crippen LogP) is 3.57. The maximum atomic E-state index is 6.08. The van der Waals surface area contributed by atoms with Crippen LogP contribution >= 0.6 is 23.4 Å². The van der Waals surface area contributed by atoms with E-state index in [0.29, 0.717) is 5.25 Å². The largest absolute Gasteiger partial charge is 0.316 e. The summed E-state index contributed by atoms with van der Waals surface area (Å²) in [6, 6.07) is 8.05. The molecule has 1 unspecified atom stereocenters. The molecule has 1 rings (SSSR count). The van der Waals surface area contributed by atoms with Crippen molar-refractivity contribution in [2.45, 2.75) is 24.9 Å². The minimum absolute atomic E-state index is 0.626. The number of rotatable bonds is 6. The lowest BCUT2D eigenvalue weighted by atomic mass is 10.2. The Kier molecular flexibility index (Phi) is 6.15. The Hall–Kier alpha value is -0.180. The standard InChI is InChI=1S/C12H18ClNS/c1-3-14-8-10(2)15-9-11-6-4-5-7-12(11)13/h4-7,10,14H,3,8-9H2,1-2H3. The molecule has 0 amide bonds. The minimum Gasteiger partial charge on any atom is -0.316 e. The summed E-state index contributed by atoms with van der Waals surface area (Å²) in [6.45, 7) is 6.47. The van der Waals surface area contributed by atoms with E-state index in [-0.39, 0.29) is 0 Å². The molecule has 1 aromatic carbocycles. The Balaban J connectivity index is 2.33. The highest BCUT2D eigenvalue weighted by molar-refractivity contribution is 7.99. The molecule has 0 aromatic heterocycles. The van der Waals surface area contributed by atoms with Crippen LogP contribution in [0.25, 0.3) is 0 Å². The van der Waals surface area contributed by atoms with Gasteiger partial charge in [-0.25, -0.2) is 0 Å². The van der Waals surface area contributed by atoms with Gasteiger partial charge in [-0.15, -0.1) is 0 Å². The molecule has 0 fully saturated rings. The monoisotopic (exact) mass is 243 g/mol. The first-order valence-electron chi connectivity index (χ1n) is 5.29. The molecular formula is C12H18ClNS. The fraction of sp³-hybridized carbons (Fsp3) is 0.500. The van der Waals surface area contributed by atoms with Crippen molar-refractivity contribution in [3.8, 4) is 0 Å². The number of hydrogen-bond acceptors (Lipinski definition) is 2. The summed E-state index contributed by atoms with van der Waals surface area (Å²) < 4.78 is 0. The second kappa shape index (κ2) is 7.15. The highest BCUT2D eigenvalue weighted by Gasteiger charge is 2.04. The van der Waals surface area contributed by atoms with Crippen molar-refractivity contribution in [3.05, 3.63) is 34.9 Å². The van der Waals surface area contributed by atoms with Crippen LogP contribution in [0.5, 0.6) is 0 Å². The first-order valence-corrected chi connectivity index (χ1v) is 6.72. The molecule has 84 valence electrons. The molecule has 1 N–H and O–H groups in total. The average molecular weight is 244 g/mol. The molecule has 0 spiro atoms. The lowest BCUT2D eigenvalue weighted by molar-refractivity contribution is 0.713. The Morgan fingerprint density at radius 3 is 2.80 bits per heavy atom. The third kappa shape index (κ3) is 4.92. The molecule has 0 saturated carbocycles. The molecule has 3 heteroatoms. The van der Waals surface area contributed by atoms with E-state index in [1.54, 1.807) is 0 Å². The van der Waals surface area contributed by atoms with Gasteiger partial charge in [-0.05, 0) is 18.2 Å². The van der Waals surface area contributed by atoms with E-state index in [4.69, 9.17) is 11.6 Å². The maximum Gasteiger partial charge on any atom is 0.0446 e. The van der Waals surface area contributed by atoms with Crippen molar-refractivity contribution in [1.82, 2.24) is 5.32 Å². The van der Waals surface area contributed by atoms with Crippen LogP contribution in [0.15, 0.2) is 24.3 Å². The number of halogens is 1. The molecule has 1 atom stereocenters. The summed E-state index contributed by atoms with van der Waals surface area (Å²) in [6.07, 6.45) is 0. The van der Waals surface area contributed by atoms with Gasteiger partial charge in [0.1, 0.15) is 0 Å². The van der Waals surface area contributed by atoms with Crippen molar-refractivity contribution in [2.75, 3.05) is 13.1 Å². The van der Waals surface area contributed by atoms with Gasteiger partial charge in [0.25, 0.3) is 0 Å². The molecule has 0 aliphatic rings. The van der Waals surface area contributed by atoms with Crippen molar-refractivity contribution >= 4 is 23.4 Å². The van der Waals surface area contributed by atoms with Gasteiger partial charge in [-0.2, -0.15) is 11.8 Å². The quantitative estimate of drug-likeness (QED) is 0.820. The average Bonchev–Trinajstić information content (AvgIpc) is 2.25. The topological polar surface area (TPSA) is 12.0 Å². The molecule has 0 aliphatic heterocycles. The zero-order chi connectivity index (χ0) is 11.1. The lowest BCUT2D eigenvalue weighted by Crippen LogP contribution is -2.22. The Morgan fingerprint density at radius 1 is 1.40 bits per heavy atom. The zero-order valence-electron chi connectivity index (χ0n) is 9.29. The van der Waals surface area contributed by atoms with Gasteiger partial charge in [0.2, 0.25) is 0 Å². The summed E-state index contributed by atoms with van der Waals surface area (Å²) >= 11 is 8.02. The molecular weight excluding hydrogens is 226 g/mol. The summed E-state index contributed by atoms with van der Waals surface area (Å²) in [5, 5.41) is 4.85. The Bertz CT molecular complexity index is 291. The molecule has 1 aromatic rings. The summed E-state index contributed by atoms with van der Waals surface area (Å²) in [7, 11) is 0. The second-order valence-electron chi connectivity index (χ2n) is 3.52. The maximum absolute atomic E-state index is 6.08. The predicted molar refractivity (Wildman–Crippen MR) is 70.8 cm³/mol. The summed E-state index contributed by atoms with van der Waals surface area (Å²) in [4.78, 5) is 0. The number of hydrogen-bond donors (Lipinski definition) is 1. The van der Waals surface area contributed by atoms with Crippen molar-refractivity contribution < 1.29 is 0 Å². The minimum atomic E-state index is 0.626. The zero-order valence-corrected chi connectivity index (χ0v) is 10.9. The molecule has 0 aliphatic carbocycles. The van der Waals surface area contributed by atoms with E-state index in [1.807, 2.05) is 30.0 Å². The van der Waals surface area contributed by atoms with Crippen LogP contribution < -0.4 is 5.32 Å². The van der Waals surface area contributed by atoms with Gasteiger partial charge in [-0.3, -0.25) is 0 Å². The van der Waals surface area contributed by atoms with Crippen LogP contribution in [0.4, 0.5) is 0 Å². The Morgan fingerprint density at radius 2 is 2.13 bits per heavy atom. The molecule has 0 saturated heterocycles. The second-order valence-corrected chi connectivity index (χ2v) is 5.35.